The first kappa shape index (κ1) is 19.8. The second-order valence-corrected chi connectivity index (χ2v) is 8.72. The lowest BCUT2D eigenvalue weighted by Gasteiger charge is -2.10. The van der Waals surface area contributed by atoms with Gasteiger partial charge in [-0.05, 0) is 24.3 Å². The molecule has 5 aromatic rings. The third-order valence-electron chi connectivity index (χ3n) is 4.75. The van der Waals surface area contributed by atoms with Crippen LogP contribution in [0.4, 0.5) is 5.69 Å². The van der Waals surface area contributed by atoms with E-state index in [1.165, 1.54) is 12.1 Å². The first-order valence-electron chi connectivity index (χ1n) is 9.83. The highest BCUT2D eigenvalue weighted by atomic mass is 32.2. The highest BCUT2D eigenvalue weighted by Crippen LogP contribution is 2.26. The Morgan fingerprint density at radius 3 is 2.38 bits per heavy atom. The topological polar surface area (TPSA) is 85.6 Å². The van der Waals surface area contributed by atoms with Crippen molar-refractivity contribution in [3.05, 3.63) is 104 Å². The number of aromatic nitrogens is 3. The number of ether oxygens (including phenoxy) is 1. The van der Waals surface area contributed by atoms with Crippen LogP contribution in [0.2, 0.25) is 0 Å². The van der Waals surface area contributed by atoms with Crippen LogP contribution in [0.1, 0.15) is 0 Å². The van der Waals surface area contributed by atoms with Crippen LogP contribution in [0.15, 0.2) is 108 Å². The zero-order valence-corrected chi connectivity index (χ0v) is 17.6. The fraction of sp³-hybridized carbons (Fsp3) is 0. The van der Waals surface area contributed by atoms with E-state index in [4.69, 9.17) is 4.74 Å². The van der Waals surface area contributed by atoms with Gasteiger partial charge in [-0.3, -0.25) is 9.12 Å². The van der Waals surface area contributed by atoms with Crippen LogP contribution in [0.3, 0.4) is 0 Å². The molecule has 0 aliphatic rings. The van der Waals surface area contributed by atoms with Crippen LogP contribution < -0.4 is 9.46 Å². The van der Waals surface area contributed by atoms with Crippen LogP contribution in [-0.4, -0.2) is 22.8 Å². The molecule has 0 atom stereocenters. The van der Waals surface area contributed by atoms with Crippen LogP contribution in [0.25, 0.3) is 16.9 Å². The maximum atomic E-state index is 12.6. The zero-order chi connectivity index (χ0) is 22.0. The van der Waals surface area contributed by atoms with Gasteiger partial charge in [0.25, 0.3) is 10.0 Å². The Bertz CT molecular complexity index is 1480. The van der Waals surface area contributed by atoms with Gasteiger partial charge in [0.2, 0.25) is 5.88 Å². The summed E-state index contributed by atoms with van der Waals surface area (Å²) in [6.07, 6.45) is 3.53. The number of imidazole rings is 1. The number of hydrogen-bond acceptors (Lipinski definition) is 5. The van der Waals surface area contributed by atoms with Crippen molar-refractivity contribution in [3.63, 3.8) is 0 Å². The molecule has 8 heteroatoms. The molecule has 0 amide bonds. The lowest BCUT2D eigenvalue weighted by Crippen LogP contribution is -2.12. The Hall–Kier alpha value is -4.17. The summed E-state index contributed by atoms with van der Waals surface area (Å²) in [5.41, 5.74) is 2.92. The number of rotatable bonds is 6. The molecule has 0 aliphatic carbocycles. The van der Waals surface area contributed by atoms with Crippen LogP contribution in [0, 0.1) is 0 Å². The smallest absolute Gasteiger partial charge is 0.261 e. The second-order valence-electron chi connectivity index (χ2n) is 7.03. The minimum atomic E-state index is -3.69. The molecule has 0 saturated carbocycles. The van der Waals surface area contributed by atoms with Gasteiger partial charge in [0.05, 0.1) is 16.3 Å². The predicted molar refractivity (Wildman–Crippen MR) is 122 cm³/mol. The van der Waals surface area contributed by atoms with Crippen molar-refractivity contribution in [2.24, 2.45) is 0 Å². The lowest BCUT2D eigenvalue weighted by molar-refractivity contribution is 0.462. The normalized spacial score (nSPS) is 11.4. The van der Waals surface area contributed by atoms with Crippen LogP contribution in [0.5, 0.6) is 11.6 Å². The molecule has 1 N–H and O–H groups in total. The molecule has 2 heterocycles. The Balaban J connectivity index is 1.37. The zero-order valence-electron chi connectivity index (χ0n) is 16.8. The van der Waals surface area contributed by atoms with Gasteiger partial charge in [-0.1, -0.05) is 54.6 Å². The molecule has 0 radical (unpaired) electrons. The number of nitrogens with one attached hydrogen (secondary N) is 1. The second kappa shape index (κ2) is 8.16. The van der Waals surface area contributed by atoms with E-state index in [1.54, 1.807) is 54.9 Å². The number of anilines is 1. The van der Waals surface area contributed by atoms with Crippen molar-refractivity contribution in [2.75, 3.05) is 4.72 Å². The fourth-order valence-electron chi connectivity index (χ4n) is 3.24. The van der Waals surface area contributed by atoms with E-state index in [0.717, 1.165) is 11.3 Å². The Kier molecular flexibility index (Phi) is 5.04. The summed E-state index contributed by atoms with van der Waals surface area (Å²) in [6.45, 7) is 0. The summed E-state index contributed by atoms with van der Waals surface area (Å²) in [5.74, 6) is 0.802. The Morgan fingerprint density at radius 2 is 1.59 bits per heavy atom. The van der Waals surface area contributed by atoms with Gasteiger partial charge in [-0.25, -0.2) is 18.4 Å². The quantitative estimate of drug-likeness (QED) is 0.400. The molecule has 0 saturated heterocycles. The number of hydrogen-bond donors (Lipinski definition) is 1. The van der Waals surface area contributed by atoms with Gasteiger partial charge < -0.3 is 4.74 Å². The van der Waals surface area contributed by atoms with Crippen LogP contribution in [-0.2, 0) is 10.0 Å². The molecule has 0 unspecified atom stereocenters. The molecule has 158 valence electrons. The van der Waals surface area contributed by atoms with E-state index in [1.807, 2.05) is 40.9 Å². The maximum absolute atomic E-state index is 12.6. The standard InChI is InChI=1S/C24H18N4O3S/c29-32(30,21-12-5-2-6-13-21)27-19-10-7-11-20(14-19)31-24-15-23-26-22(16-28(23)17-25-24)18-8-3-1-4-9-18/h1-17,27H. The summed E-state index contributed by atoms with van der Waals surface area (Å²) >= 11 is 0. The van der Waals surface area contributed by atoms with E-state index >= 15 is 0 Å². The Labute approximate surface area is 185 Å². The van der Waals surface area contributed by atoms with E-state index in [9.17, 15) is 8.42 Å². The molecule has 2 aromatic heterocycles. The summed E-state index contributed by atoms with van der Waals surface area (Å²) in [4.78, 5) is 9.15. The van der Waals surface area contributed by atoms with E-state index in [0.29, 0.717) is 23.0 Å². The molecular weight excluding hydrogens is 424 g/mol. The third-order valence-corrected chi connectivity index (χ3v) is 6.15. The van der Waals surface area contributed by atoms with Gasteiger partial charge in [0.1, 0.15) is 17.7 Å². The first-order valence-corrected chi connectivity index (χ1v) is 11.3. The minimum absolute atomic E-state index is 0.187. The van der Waals surface area contributed by atoms with Crippen molar-refractivity contribution in [2.45, 2.75) is 4.90 Å². The van der Waals surface area contributed by atoms with Crippen molar-refractivity contribution < 1.29 is 13.2 Å². The number of nitrogens with zero attached hydrogens (tertiary/aromatic N) is 3. The highest BCUT2D eigenvalue weighted by molar-refractivity contribution is 7.92. The van der Waals surface area contributed by atoms with Crippen molar-refractivity contribution in [3.8, 4) is 22.9 Å². The first-order chi connectivity index (χ1) is 15.6. The lowest BCUT2D eigenvalue weighted by atomic mass is 10.2. The van der Waals surface area contributed by atoms with Gasteiger partial charge in [0.15, 0.2) is 0 Å². The Morgan fingerprint density at radius 1 is 0.844 bits per heavy atom. The molecule has 0 fully saturated rings. The fourth-order valence-corrected chi connectivity index (χ4v) is 4.31. The molecule has 0 bridgehead atoms. The monoisotopic (exact) mass is 442 g/mol. The molecule has 0 spiro atoms. The number of fused-ring (bicyclic) bond motifs is 1. The van der Waals surface area contributed by atoms with E-state index in [2.05, 4.69) is 14.7 Å². The SMILES string of the molecule is O=S(=O)(Nc1cccc(Oc2cc3nc(-c4ccccc4)cn3cn2)c1)c1ccccc1. The van der Waals surface area contributed by atoms with Crippen molar-refractivity contribution in [1.29, 1.82) is 0 Å². The number of benzene rings is 3. The van der Waals surface area contributed by atoms with Crippen molar-refractivity contribution in [1.82, 2.24) is 14.4 Å². The largest absolute Gasteiger partial charge is 0.439 e. The van der Waals surface area contributed by atoms with Gasteiger partial charge in [-0.15, -0.1) is 0 Å². The number of sulfonamides is 1. The van der Waals surface area contributed by atoms with Crippen LogP contribution >= 0.6 is 0 Å². The average Bonchev–Trinajstić information content (AvgIpc) is 3.24. The van der Waals surface area contributed by atoms with E-state index < -0.39 is 10.0 Å². The molecular formula is C24H18N4O3S. The van der Waals surface area contributed by atoms with E-state index in [-0.39, 0.29) is 4.90 Å². The maximum Gasteiger partial charge on any atom is 0.261 e. The molecule has 32 heavy (non-hydrogen) atoms. The minimum Gasteiger partial charge on any atom is -0.439 e. The summed E-state index contributed by atoms with van der Waals surface area (Å²) < 4.78 is 35.4. The summed E-state index contributed by atoms with van der Waals surface area (Å²) in [7, 11) is -3.69. The van der Waals surface area contributed by atoms with Gasteiger partial charge in [0, 0.05) is 23.9 Å². The molecule has 3 aromatic carbocycles. The summed E-state index contributed by atoms with van der Waals surface area (Å²) in [5, 5.41) is 0. The molecule has 7 nitrogen and oxygen atoms in total. The highest BCUT2D eigenvalue weighted by Gasteiger charge is 2.14. The molecule has 5 rings (SSSR count). The third kappa shape index (κ3) is 4.17. The molecule has 0 aliphatic heterocycles. The van der Waals surface area contributed by atoms with Crippen molar-refractivity contribution >= 4 is 21.4 Å². The average molecular weight is 443 g/mol. The predicted octanol–water partition coefficient (Wildman–Crippen LogP) is 4.99. The van der Waals surface area contributed by atoms with Gasteiger partial charge in [-0.2, -0.15) is 0 Å². The van der Waals surface area contributed by atoms with Gasteiger partial charge >= 0.3 is 0 Å². The summed E-state index contributed by atoms with van der Waals surface area (Å²) in [6, 6.07) is 26.5.